The topological polar surface area (TPSA) is 41.9 Å². The minimum atomic E-state index is -0.434. The van der Waals surface area contributed by atoms with Crippen molar-refractivity contribution in [2.75, 3.05) is 20.4 Å². The fourth-order valence-electron chi connectivity index (χ4n) is 2.25. The fourth-order valence-corrected chi connectivity index (χ4v) is 3.15. The zero-order chi connectivity index (χ0) is 11.3. The van der Waals surface area contributed by atoms with Crippen molar-refractivity contribution in [1.29, 1.82) is 0 Å². The SMILES string of the molecule is CN1Cc2c(cc3c(c2I)OCO3)C(O)C1. The third-order valence-electron chi connectivity index (χ3n) is 3.01. The van der Waals surface area contributed by atoms with Gasteiger partial charge < -0.3 is 14.6 Å². The second-order valence-corrected chi connectivity index (χ2v) is 5.28. The second kappa shape index (κ2) is 3.75. The van der Waals surface area contributed by atoms with Gasteiger partial charge in [0.15, 0.2) is 11.5 Å². The van der Waals surface area contributed by atoms with Crippen molar-refractivity contribution in [1.82, 2.24) is 4.90 Å². The Balaban J connectivity index is 2.18. The van der Waals surface area contributed by atoms with Gasteiger partial charge in [-0.3, -0.25) is 4.90 Å². The molecule has 0 aromatic heterocycles. The van der Waals surface area contributed by atoms with Crippen LogP contribution in [0.3, 0.4) is 0 Å². The predicted octanol–water partition coefficient (Wildman–Crippen LogP) is 1.50. The summed E-state index contributed by atoms with van der Waals surface area (Å²) in [7, 11) is 2.01. The summed E-state index contributed by atoms with van der Waals surface area (Å²) in [6, 6.07) is 1.91. The van der Waals surface area contributed by atoms with Crippen LogP contribution in [-0.4, -0.2) is 30.4 Å². The molecule has 1 aromatic rings. The van der Waals surface area contributed by atoms with Crippen LogP contribution in [0.2, 0.25) is 0 Å². The molecule has 0 fully saturated rings. The molecule has 2 aliphatic heterocycles. The minimum absolute atomic E-state index is 0.278. The van der Waals surface area contributed by atoms with E-state index in [9.17, 15) is 5.11 Å². The highest BCUT2D eigenvalue weighted by atomic mass is 127. The molecule has 0 bridgehead atoms. The van der Waals surface area contributed by atoms with Gasteiger partial charge in [0, 0.05) is 13.1 Å². The predicted molar refractivity (Wildman–Crippen MR) is 66.6 cm³/mol. The lowest BCUT2D eigenvalue weighted by molar-refractivity contribution is 0.107. The molecule has 4 nitrogen and oxygen atoms in total. The molecule has 1 atom stereocenters. The summed E-state index contributed by atoms with van der Waals surface area (Å²) in [5.41, 5.74) is 2.14. The van der Waals surface area contributed by atoms with Gasteiger partial charge in [0.2, 0.25) is 6.79 Å². The first kappa shape index (κ1) is 10.6. The van der Waals surface area contributed by atoms with E-state index in [1.807, 2.05) is 13.1 Å². The second-order valence-electron chi connectivity index (χ2n) is 4.20. The van der Waals surface area contributed by atoms with Crippen molar-refractivity contribution in [2.24, 2.45) is 0 Å². The first-order chi connectivity index (χ1) is 7.66. The van der Waals surface area contributed by atoms with Gasteiger partial charge in [0.25, 0.3) is 0 Å². The lowest BCUT2D eigenvalue weighted by atomic mass is 9.97. The van der Waals surface area contributed by atoms with Crippen LogP contribution < -0.4 is 9.47 Å². The van der Waals surface area contributed by atoms with E-state index in [2.05, 4.69) is 27.5 Å². The molecule has 1 N–H and O–H groups in total. The average Bonchev–Trinajstić information content (AvgIpc) is 2.68. The highest BCUT2D eigenvalue weighted by Gasteiger charge is 2.29. The summed E-state index contributed by atoms with van der Waals surface area (Å²) in [6.45, 7) is 1.80. The van der Waals surface area contributed by atoms with Gasteiger partial charge in [-0.15, -0.1) is 0 Å². The van der Waals surface area contributed by atoms with E-state index in [0.29, 0.717) is 6.54 Å². The molecule has 3 rings (SSSR count). The monoisotopic (exact) mass is 333 g/mol. The number of likely N-dealkylation sites (N-methyl/N-ethyl adjacent to an activating group) is 1. The number of halogens is 1. The van der Waals surface area contributed by atoms with Crippen LogP contribution in [0.1, 0.15) is 17.2 Å². The van der Waals surface area contributed by atoms with Gasteiger partial charge in [-0.05, 0) is 46.8 Å². The smallest absolute Gasteiger partial charge is 0.231 e. The van der Waals surface area contributed by atoms with E-state index >= 15 is 0 Å². The zero-order valence-corrected chi connectivity index (χ0v) is 11.0. The van der Waals surface area contributed by atoms with Crippen LogP contribution in [0.25, 0.3) is 0 Å². The average molecular weight is 333 g/mol. The molecule has 0 saturated heterocycles. The van der Waals surface area contributed by atoms with Crippen LogP contribution in [-0.2, 0) is 6.54 Å². The van der Waals surface area contributed by atoms with Crippen LogP contribution in [0.5, 0.6) is 11.5 Å². The maximum Gasteiger partial charge on any atom is 0.231 e. The summed E-state index contributed by atoms with van der Waals surface area (Å²) >= 11 is 2.27. The van der Waals surface area contributed by atoms with Gasteiger partial charge in [-0.2, -0.15) is 0 Å². The Bertz CT molecular complexity index is 449. The number of rotatable bonds is 0. The molecule has 2 aliphatic rings. The van der Waals surface area contributed by atoms with Crippen LogP contribution in [0.4, 0.5) is 0 Å². The summed E-state index contributed by atoms with van der Waals surface area (Å²) < 4.78 is 11.9. The number of hydrogen-bond acceptors (Lipinski definition) is 4. The van der Waals surface area contributed by atoms with Crippen molar-refractivity contribution in [3.8, 4) is 11.5 Å². The molecule has 2 heterocycles. The van der Waals surface area contributed by atoms with Crippen LogP contribution >= 0.6 is 22.6 Å². The lowest BCUT2D eigenvalue weighted by Gasteiger charge is -2.30. The van der Waals surface area contributed by atoms with E-state index in [4.69, 9.17) is 9.47 Å². The quantitative estimate of drug-likeness (QED) is 0.731. The molecule has 0 saturated carbocycles. The molecule has 16 heavy (non-hydrogen) atoms. The molecule has 0 spiro atoms. The number of aliphatic hydroxyl groups is 1. The maximum absolute atomic E-state index is 10.0. The number of benzene rings is 1. The van der Waals surface area contributed by atoms with Crippen molar-refractivity contribution >= 4 is 22.6 Å². The Morgan fingerprint density at radius 3 is 3.12 bits per heavy atom. The van der Waals surface area contributed by atoms with Gasteiger partial charge >= 0.3 is 0 Å². The Kier molecular flexibility index (Phi) is 2.49. The van der Waals surface area contributed by atoms with Crippen LogP contribution in [0.15, 0.2) is 6.07 Å². The molecule has 1 aromatic carbocycles. The molecule has 0 radical (unpaired) electrons. The van der Waals surface area contributed by atoms with E-state index in [1.165, 1.54) is 0 Å². The van der Waals surface area contributed by atoms with Crippen molar-refractivity contribution in [3.05, 3.63) is 20.8 Å². The van der Waals surface area contributed by atoms with E-state index < -0.39 is 6.10 Å². The zero-order valence-electron chi connectivity index (χ0n) is 8.86. The molecule has 0 aliphatic carbocycles. The van der Waals surface area contributed by atoms with E-state index in [-0.39, 0.29) is 6.79 Å². The summed E-state index contributed by atoms with van der Waals surface area (Å²) in [4.78, 5) is 2.11. The first-order valence-electron chi connectivity index (χ1n) is 5.14. The van der Waals surface area contributed by atoms with E-state index in [0.717, 1.165) is 32.7 Å². The lowest BCUT2D eigenvalue weighted by Crippen LogP contribution is -2.30. The summed E-state index contributed by atoms with van der Waals surface area (Å²) in [5, 5.41) is 10.0. The number of nitrogens with zero attached hydrogens (tertiary/aromatic N) is 1. The largest absolute Gasteiger partial charge is 0.454 e. The molecular formula is C11H12INO3. The Hall–Kier alpha value is -0.530. The minimum Gasteiger partial charge on any atom is -0.454 e. The van der Waals surface area contributed by atoms with Crippen molar-refractivity contribution < 1.29 is 14.6 Å². The van der Waals surface area contributed by atoms with Gasteiger partial charge in [-0.25, -0.2) is 0 Å². The Labute approximate surface area is 107 Å². The molecular weight excluding hydrogens is 321 g/mol. The molecule has 0 amide bonds. The van der Waals surface area contributed by atoms with Gasteiger partial charge in [-0.1, -0.05) is 0 Å². The normalized spacial score (nSPS) is 23.3. The first-order valence-corrected chi connectivity index (χ1v) is 6.22. The van der Waals surface area contributed by atoms with Crippen molar-refractivity contribution in [2.45, 2.75) is 12.6 Å². The number of fused-ring (bicyclic) bond motifs is 2. The standard InChI is InChI=1S/C11H12INO3/c1-13-3-7-6(8(14)4-13)2-9-11(10(7)12)16-5-15-9/h2,8,14H,3-5H2,1H3. The molecule has 1 unspecified atom stereocenters. The van der Waals surface area contributed by atoms with E-state index in [1.54, 1.807) is 0 Å². The van der Waals surface area contributed by atoms with Gasteiger partial charge in [0.1, 0.15) is 0 Å². The fraction of sp³-hybridized carbons (Fsp3) is 0.455. The summed E-state index contributed by atoms with van der Waals surface area (Å²) in [5.74, 6) is 1.58. The number of β-amino-alcohol motifs (C(OH)–C–C–N with tert-alkyl or cyclic N) is 1. The highest BCUT2D eigenvalue weighted by Crippen LogP contribution is 2.43. The molecule has 5 heteroatoms. The maximum atomic E-state index is 10.0. The Morgan fingerprint density at radius 1 is 1.50 bits per heavy atom. The Morgan fingerprint density at radius 2 is 2.31 bits per heavy atom. The molecule has 86 valence electrons. The third-order valence-corrected chi connectivity index (χ3v) is 4.15. The third kappa shape index (κ3) is 1.49. The highest BCUT2D eigenvalue weighted by molar-refractivity contribution is 14.1. The number of hydrogen-bond donors (Lipinski definition) is 1. The summed E-state index contributed by atoms with van der Waals surface area (Å²) in [6.07, 6.45) is -0.434. The van der Waals surface area contributed by atoms with Crippen molar-refractivity contribution in [3.63, 3.8) is 0 Å². The number of aliphatic hydroxyl groups excluding tert-OH is 1. The van der Waals surface area contributed by atoms with Gasteiger partial charge in [0.05, 0.1) is 9.67 Å². The number of ether oxygens (including phenoxy) is 2. The van der Waals surface area contributed by atoms with Crippen LogP contribution in [0, 0.1) is 3.57 Å².